The zero-order valence-electron chi connectivity index (χ0n) is 14.2. The van der Waals surface area contributed by atoms with Gasteiger partial charge in [0.1, 0.15) is 0 Å². The molecule has 2 fully saturated rings. The summed E-state index contributed by atoms with van der Waals surface area (Å²) in [6, 6.07) is 6.28. The van der Waals surface area contributed by atoms with Crippen molar-refractivity contribution in [3.05, 3.63) is 35.4 Å². The highest BCUT2D eigenvalue weighted by molar-refractivity contribution is 7.91. The first-order chi connectivity index (χ1) is 11.9. The summed E-state index contributed by atoms with van der Waals surface area (Å²) >= 11 is 0. The molecule has 2 saturated heterocycles. The van der Waals surface area contributed by atoms with Crippen LogP contribution in [0.25, 0.3) is 0 Å². The monoisotopic (exact) mass is 364 g/mol. The van der Waals surface area contributed by atoms with Gasteiger partial charge in [0, 0.05) is 30.3 Å². The van der Waals surface area contributed by atoms with Gasteiger partial charge in [-0.15, -0.1) is 0 Å². The Balaban J connectivity index is 1.61. The number of benzene rings is 1. The fourth-order valence-electron chi connectivity index (χ4n) is 3.40. The van der Waals surface area contributed by atoms with Crippen LogP contribution in [0.4, 0.5) is 0 Å². The number of carbonyl (C=O) groups is 2. The molecule has 0 spiro atoms. The van der Waals surface area contributed by atoms with E-state index in [-0.39, 0.29) is 29.4 Å². The lowest BCUT2D eigenvalue weighted by Gasteiger charge is -2.20. The number of hydrogen-bond donors (Lipinski definition) is 1. The van der Waals surface area contributed by atoms with Crippen molar-refractivity contribution in [3.8, 4) is 0 Å². The average Bonchev–Trinajstić information content (AvgIpc) is 2.80. The molecule has 7 heteroatoms. The van der Waals surface area contributed by atoms with Crippen LogP contribution < -0.4 is 5.32 Å². The minimum Gasteiger partial charge on any atom is -0.348 e. The quantitative estimate of drug-likeness (QED) is 0.883. The molecule has 1 N–H and O–H groups in total. The van der Waals surface area contributed by atoms with Crippen molar-refractivity contribution in [2.75, 3.05) is 24.6 Å². The summed E-state index contributed by atoms with van der Waals surface area (Å²) in [4.78, 5) is 26.7. The molecule has 136 valence electrons. The van der Waals surface area contributed by atoms with Gasteiger partial charge in [-0.3, -0.25) is 9.59 Å². The Labute approximate surface area is 148 Å². The topological polar surface area (TPSA) is 83.5 Å². The molecule has 2 aliphatic rings. The van der Waals surface area contributed by atoms with Crippen molar-refractivity contribution in [2.45, 2.75) is 38.1 Å². The van der Waals surface area contributed by atoms with Crippen molar-refractivity contribution in [2.24, 2.45) is 0 Å². The van der Waals surface area contributed by atoms with E-state index in [4.69, 9.17) is 0 Å². The van der Waals surface area contributed by atoms with Crippen LogP contribution >= 0.6 is 0 Å². The Hall–Kier alpha value is -1.89. The maximum atomic E-state index is 12.5. The summed E-state index contributed by atoms with van der Waals surface area (Å²) < 4.78 is 22.9. The van der Waals surface area contributed by atoms with E-state index in [0.29, 0.717) is 17.5 Å². The maximum absolute atomic E-state index is 12.5. The van der Waals surface area contributed by atoms with Crippen LogP contribution in [0.1, 0.15) is 52.8 Å². The number of sulfone groups is 1. The third-order valence-electron chi connectivity index (χ3n) is 4.85. The third kappa shape index (κ3) is 4.60. The molecule has 6 nitrogen and oxygen atoms in total. The van der Waals surface area contributed by atoms with E-state index in [1.165, 1.54) is 12.8 Å². The SMILES string of the molecule is O=C(NC1CCS(=O)(=O)C1)c1ccc(C(=O)N2CCCCCC2)cc1. The second kappa shape index (κ2) is 7.56. The Morgan fingerprint density at radius 1 is 0.960 bits per heavy atom. The summed E-state index contributed by atoms with van der Waals surface area (Å²) in [5.74, 6) is -0.155. The number of hydrogen-bond acceptors (Lipinski definition) is 4. The van der Waals surface area contributed by atoms with Crippen LogP contribution in [0.3, 0.4) is 0 Å². The molecule has 25 heavy (non-hydrogen) atoms. The predicted octanol–water partition coefficient (Wildman–Crippen LogP) is 1.62. The van der Waals surface area contributed by atoms with Crippen LogP contribution in [-0.4, -0.2) is 55.8 Å². The van der Waals surface area contributed by atoms with Crippen molar-refractivity contribution >= 4 is 21.7 Å². The van der Waals surface area contributed by atoms with Crippen LogP contribution in [0.5, 0.6) is 0 Å². The molecular weight excluding hydrogens is 340 g/mol. The van der Waals surface area contributed by atoms with E-state index < -0.39 is 9.84 Å². The predicted molar refractivity (Wildman–Crippen MR) is 95.3 cm³/mol. The molecule has 2 amide bonds. The molecule has 2 aliphatic heterocycles. The molecule has 0 aromatic heterocycles. The molecule has 3 rings (SSSR count). The second-order valence-corrected chi connectivity index (χ2v) is 9.09. The first-order valence-corrected chi connectivity index (χ1v) is 10.7. The molecule has 0 bridgehead atoms. The number of likely N-dealkylation sites (tertiary alicyclic amines) is 1. The van der Waals surface area contributed by atoms with E-state index >= 15 is 0 Å². The largest absolute Gasteiger partial charge is 0.348 e. The number of carbonyl (C=O) groups excluding carboxylic acids is 2. The molecule has 1 aromatic rings. The van der Waals surface area contributed by atoms with Gasteiger partial charge < -0.3 is 10.2 Å². The Bertz CT molecular complexity index is 735. The summed E-state index contributed by atoms with van der Waals surface area (Å²) in [6.45, 7) is 1.58. The Morgan fingerprint density at radius 3 is 2.12 bits per heavy atom. The number of nitrogens with one attached hydrogen (secondary N) is 1. The molecule has 1 aromatic carbocycles. The fourth-order valence-corrected chi connectivity index (χ4v) is 5.07. The zero-order valence-corrected chi connectivity index (χ0v) is 15.1. The minimum atomic E-state index is -3.02. The molecule has 0 saturated carbocycles. The van der Waals surface area contributed by atoms with Crippen molar-refractivity contribution in [1.29, 1.82) is 0 Å². The molecule has 1 unspecified atom stereocenters. The average molecular weight is 364 g/mol. The lowest BCUT2D eigenvalue weighted by atomic mass is 10.1. The third-order valence-corrected chi connectivity index (χ3v) is 6.62. The van der Waals surface area contributed by atoms with E-state index in [1.807, 2.05) is 4.90 Å². The highest BCUT2D eigenvalue weighted by Gasteiger charge is 2.29. The first-order valence-electron chi connectivity index (χ1n) is 8.85. The smallest absolute Gasteiger partial charge is 0.253 e. The van der Waals surface area contributed by atoms with Crippen LogP contribution in [0.2, 0.25) is 0 Å². The summed E-state index contributed by atoms with van der Waals surface area (Å²) in [5.41, 5.74) is 1.03. The van der Waals surface area contributed by atoms with Gasteiger partial charge in [0.2, 0.25) is 0 Å². The van der Waals surface area contributed by atoms with Crippen LogP contribution in [0.15, 0.2) is 24.3 Å². The highest BCUT2D eigenvalue weighted by Crippen LogP contribution is 2.15. The van der Waals surface area contributed by atoms with Crippen molar-refractivity contribution in [3.63, 3.8) is 0 Å². The second-order valence-electron chi connectivity index (χ2n) is 6.86. The lowest BCUT2D eigenvalue weighted by molar-refractivity contribution is 0.0761. The number of rotatable bonds is 3. The van der Waals surface area contributed by atoms with Crippen LogP contribution in [-0.2, 0) is 9.84 Å². The maximum Gasteiger partial charge on any atom is 0.253 e. The standard InChI is InChI=1S/C18H24N2O4S/c21-17(19-16-9-12-25(23,24)13-16)14-5-7-15(8-6-14)18(22)20-10-3-1-2-4-11-20/h5-8,16H,1-4,9-13H2,(H,19,21). The summed E-state index contributed by atoms with van der Waals surface area (Å²) in [5, 5.41) is 2.76. The van der Waals surface area contributed by atoms with Gasteiger partial charge in [-0.1, -0.05) is 12.8 Å². The van der Waals surface area contributed by atoms with Gasteiger partial charge in [-0.25, -0.2) is 8.42 Å². The van der Waals surface area contributed by atoms with E-state index in [2.05, 4.69) is 5.32 Å². The normalized spacial score (nSPS) is 23.0. The Kier molecular flexibility index (Phi) is 5.42. The van der Waals surface area contributed by atoms with Gasteiger partial charge in [0.25, 0.3) is 11.8 Å². The van der Waals surface area contributed by atoms with E-state index in [0.717, 1.165) is 25.9 Å². The van der Waals surface area contributed by atoms with Gasteiger partial charge in [0.05, 0.1) is 11.5 Å². The molecule has 0 aliphatic carbocycles. The van der Waals surface area contributed by atoms with Crippen LogP contribution in [0, 0.1) is 0 Å². The van der Waals surface area contributed by atoms with Crippen molar-refractivity contribution < 1.29 is 18.0 Å². The van der Waals surface area contributed by atoms with Gasteiger partial charge in [-0.05, 0) is 43.5 Å². The van der Waals surface area contributed by atoms with Gasteiger partial charge >= 0.3 is 0 Å². The van der Waals surface area contributed by atoms with E-state index in [9.17, 15) is 18.0 Å². The molecule has 2 heterocycles. The van der Waals surface area contributed by atoms with Crippen molar-refractivity contribution in [1.82, 2.24) is 10.2 Å². The number of nitrogens with zero attached hydrogens (tertiary/aromatic N) is 1. The lowest BCUT2D eigenvalue weighted by Crippen LogP contribution is -2.35. The Morgan fingerprint density at radius 2 is 1.56 bits per heavy atom. The molecular formula is C18H24N2O4S. The minimum absolute atomic E-state index is 0.00424. The van der Waals surface area contributed by atoms with Gasteiger partial charge in [-0.2, -0.15) is 0 Å². The number of amides is 2. The molecule has 0 radical (unpaired) electrons. The summed E-state index contributed by atoms with van der Waals surface area (Å²) in [6.07, 6.45) is 4.87. The summed E-state index contributed by atoms with van der Waals surface area (Å²) in [7, 11) is -3.02. The highest BCUT2D eigenvalue weighted by atomic mass is 32.2. The first kappa shape index (κ1) is 17.9. The zero-order chi connectivity index (χ0) is 17.9. The van der Waals surface area contributed by atoms with E-state index in [1.54, 1.807) is 24.3 Å². The molecule has 1 atom stereocenters. The van der Waals surface area contributed by atoms with Gasteiger partial charge in [0.15, 0.2) is 9.84 Å². The fraction of sp³-hybridized carbons (Fsp3) is 0.556.